The average Bonchev–Trinajstić information content (AvgIpc) is 3.14. The van der Waals surface area contributed by atoms with Gasteiger partial charge in [-0.2, -0.15) is 0 Å². The third-order valence-corrected chi connectivity index (χ3v) is 2.82. The van der Waals surface area contributed by atoms with Crippen LogP contribution in [-0.2, 0) is 0 Å². The van der Waals surface area contributed by atoms with Gasteiger partial charge in [-0.25, -0.2) is 0 Å². The topological polar surface area (TPSA) is 74.7 Å². The number of nitrogens with zero attached hydrogens (tertiary/aromatic N) is 3. The number of pyridine rings is 1. The van der Waals surface area contributed by atoms with Crippen molar-refractivity contribution in [1.82, 2.24) is 4.98 Å². The third kappa shape index (κ3) is 1.93. The number of hydrogen-bond acceptors (Lipinski definition) is 4. The van der Waals surface area contributed by atoms with Crippen LogP contribution in [0.1, 0.15) is 25.3 Å². The molecule has 1 aliphatic rings. The highest BCUT2D eigenvalue weighted by atomic mass is 16.4. The van der Waals surface area contributed by atoms with Gasteiger partial charge in [-0.15, -0.1) is 0 Å². The van der Waals surface area contributed by atoms with Gasteiger partial charge in [0.05, 0.1) is 11.9 Å². The second-order valence-corrected chi connectivity index (χ2v) is 3.90. The molecule has 5 nitrogen and oxygen atoms in total. The molecule has 0 aliphatic heterocycles. The predicted molar refractivity (Wildman–Crippen MR) is 62.8 cm³/mol. The average molecular weight is 220 g/mol. The van der Waals surface area contributed by atoms with Crippen LogP contribution < -0.4 is 10.6 Å². The van der Waals surface area contributed by atoms with Crippen molar-refractivity contribution in [2.24, 2.45) is 10.9 Å². The zero-order chi connectivity index (χ0) is 11.5. The Bertz CT molecular complexity index is 401. The number of oxime groups is 1. The summed E-state index contributed by atoms with van der Waals surface area (Å²) < 4.78 is 0. The zero-order valence-electron chi connectivity index (χ0n) is 9.30. The molecule has 0 aromatic carbocycles. The van der Waals surface area contributed by atoms with Gasteiger partial charge in [-0.05, 0) is 25.8 Å². The number of rotatable bonds is 4. The third-order valence-electron chi connectivity index (χ3n) is 2.82. The second kappa shape index (κ2) is 4.38. The largest absolute Gasteiger partial charge is 0.409 e. The van der Waals surface area contributed by atoms with E-state index in [0.29, 0.717) is 6.04 Å². The van der Waals surface area contributed by atoms with Crippen LogP contribution in [-0.4, -0.2) is 28.6 Å². The van der Waals surface area contributed by atoms with Crippen LogP contribution in [0.5, 0.6) is 0 Å². The number of anilines is 1. The van der Waals surface area contributed by atoms with Crippen molar-refractivity contribution in [3.63, 3.8) is 0 Å². The first-order valence-electron chi connectivity index (χ1n) is 5.46. The molecular weight excluding hydrogens is 204 g/mol. The molecule has 0 unspecified atom stereocenters. The lowest BCUT2D eigenvalue weighted by Crippen LogP contribution is -2.28. The molecule has 0 amide bonds. The highest BCUT2D eigenvalue weighted by Crippen LogP contribution is 2.32. The van der Waals surface area contributed by atoms with Gasteiger partial charge in [0.2, 0.25) is 0 Å². The summed E-state index contributed by atoms with van der Waals surface area (Å²) in [5.41, 5.74) is 7.34. The normalized spacial score (nSPS) is 16.2. The van der Waals surface area contributed by atoms with E-state index in [4.69, 9.17) is 10.9 Å². The van der Waals surface area contributed by atoms with E-state index in [1.807, 2.05) is 0 Å². The monoisotopic (exact) mass is 220 g/mol. The molecule has 1 saturated carbocycles. The summed E-state index contributed by atoms with van der Waals surface area (Å²) in [6.07, 6.45) is 5.84. The Morgan fingerprint density at radius 2 is 2.44 bits per heavy atom. The van der Waals surface area contributed by atoms with Gasteiger partial charge in [0.25, 0.3) is 0 Å². The van der Waals surface area contributed by atoms with Gasteiger partial charge in [0, 0.05) is 24.3 Å². The minimum atomic E-state index is 0.136. The molecule has 1 aromatic heterocycles. The molecule has 3 N–H and O–H groups in total. The number of aromatic nitrogens is 1. The summed E-state index contributed by atoms with van der Waals surface area (Å²) in [6.45, 7) is 3.00. The van der Waals surface area contributed by atoms with Crippen molar-refractivity contribution in [1.29, 1.82) is 0 Å². The second-order valence-electron chi connectivity index (χ2n) is 3.90. The molecule has 0 saturated heterocycles. The molecule has 1 aliphatic carbocycles. The fraction of sp³-hybridized carbons (Fsp3) is 0.455. The molecule has 1 fully saturated rings. The summed E-state index contributed by atoms with van der Waals surface area (Å²) >= 11 is 0. The summed E-state index contributed by atoms with van der Waals surface area (Å²) in [4.78, 5) is 6.36. The van der Waals surface area contributed by atoms with Crippen LogP contribution in [0.2, 0.25) is 0 Å². The smallest absolute Gasteiger partial charge is 0.172 e. The molecule has 2 rings (SSSR count). The number of amidine groups is 1. The zero-order valence-corrected chi connectivity index (χ0v) is 9.30. The van der Waals surface area contributed by atoms with Crippen LogP contribution in [0.25, 0.3) is 0 Å². The fourth-order valence-corrected chi connectivity index (χ4v) is 1.90. The summed E-state index contributed by atoms with van der Waals surface area (Å²) in [7, 11) is 0. The fourth-order valence-electron chi connectivity index (χ4n) is 1.90. The van der Waals surface area contributed by atoms with E-state index in [0.717, 1.165) is 17.8 Å². The summed E-state index contributed by atoms with van der Waals surface area (Å²) in [6, 6.07) is 2.36. The highest BCUT2D eigenvalue weighted by Gasteiger charge is 2.29. The Balaban J connectivity index is 2.38. The molecule has 5 heteroatoms. The summed E-state index contributed by atoms with van der Waals surface area (Å²) in [5.74, 6) is 0.136. The maximum atomic E-state index is 8.75. The number of nitrogens with two attached hydrogens (primary N) is 1. The maximum absolute atomic E-state index is 8.75. The maximum Gasteiger partial charge on any atom is 0.172 e. The molecule has 0 bridgehead atoms. The molecule has 0 atom stereocenters. The Kier molecular flexibility index (Phi) is 2.94. The van der Waals surface area contributed by atoms with Gasteiger partial charge in [-0.1, -0.05) is 5.16 Å². The van der Waals surface area contributed by atoms with Gasteiger partial charge in [0.1, 0.15) is 0 Å². The minimum Gasteiger partial charge on any atom is -0.409 e. The molecule has 16 heavy (non-hydrogen) atoms. The lowest BCUT2D eigenvalue weighted by Gasteiger charge is -2.24. The first-order valence-corrected chi connectivity index (χ1v) is 5.46. The van der Waals surface area contributed by atoms with Crippen molar-refractivity contribution in [2.75, 3.05) is 11.4 Å². The van der Waals surface area contributed by atoms with Crippen molar-refractivity contribution in [3.05, 3.63) is 24.0 Å². The van der Waals surface area contributed by atoms with E-state index >= 15 is 0 Å². The van der Waals surface area contributed by atoms with Crippen LogP contribution in [0.4, 0.5) is 5.69 Å². The van der Waals surface area contributed by atoms with Crippen molar-refractivity contribution >= 4 is 11.5 Å². The van der Waals surface area contributed by atoms with Crippen molar-refractivity contribution < 1.29 is 5.21 Å². The standard InChI is InChI=1S/C11H16N4O/c1-2-15(8-3-4-8)10-7-13-6-5-9(10)11(12)14-16/h5-8,16H,2-4H2,1H3,(H2,12,14). The van der Waals surface area contributed by atoms with Crippen LogP contribution >= 0.6 is 0 Å². The Hall–Kier alpha value is -1.78. The molecule has 1 heterocycles. The Morgan fingerprint density at radius 1 is 1.69 bits per heavy atom. The van der Waals surface area contributed by atoms with E-state index in [1.54, 1.807) is 18.5 Å². The Labute approximate surface area is 94.6 Å². The predicted octanol–water partition coefficient (Wildman–Crippen LogP) is 1.16. The van der Waals surface area contributed by atoms with Crippen molar-refractivity contribution in [2.45, 2.75) is 25.8 Å². The molecule has 1 aromatic rings. The van der Waals surface area contributed by atoms with E-state index in [-0.39, 0.29) is 5.84 Å². The quantitative estimate of drug-likeness (QED) is 0.345. The first-order chi connectivity index (χ1) is 7.77. The van der Waals surface area contributed by atoms with E-state index in [1.165, 1.54) is 12.8 Å². The van der Waals surface area contributed by atoms with Gasteiger partial charge in [0.15, 0.2) is 5.84 Å². The Morgan fingerprint density at radius 3 is 3.00 bits per heavy atom. The molecule has 0 radical (unpaired) electrons. The van der Waals surface area contributed by atoms with Gasteiger partial charge in [-0.3, -0.25) is 4.98 Å². The number of hydrogen-bond donors (Lipinski definition) is 2. The summed E-state index contributed by atoms with van der Waals surface area (Å²) in [5, 5.41) is 11.8. The lowest BCUT2D eigenvalue weighted by atomic mass is 10.2. The minimum absolute atomic E-state index is 0.136. The van der Waals surface area contributed by atoms with E-state index in [9.17, 15) is 0 Å². The highest BCUT2D eigenvalue weighted by molar-refractivity contribution is 6.02. The molecular formula is C11H16N4O. The van der Waals surface area contributed by atoms with Crippen LogP contribution in [0, 0.1) is 0 Å². The lowest BCUT2D eigenvalue weighted by molar-refractivity contribution is 0.318. The SMILES string of the molecule is CCN(c1cnccc1/C(N)=N/O)C1CC1. The molecule has 0 spiro atoms. The van der Waals surface area contributed by atoms with Crippen LogP contribution in [0.15, 0.2) is 23.6 Å². The van der Waals surface area contributed by atoms with E-state index < -0.39 is 0 Å². The van der Waals surface area contributed by atoms with Crippen LogP contribution in [0.3, 0.4) is 0 Å². The van der Waals surface area contributed by atoms with E-state index in [2.05, 4.69) is 22.0 Å². The molecule has 86 valence electrons. The van der Waals surface area contributed by atoms with Gasteiger partial charge < -0.3 is 15.8 Å². The first kappa shape index (κ1) is 10.7. The van der Waals surface area contributed by atoms with Gasteiger partial charge >= 0.3 is 0 Å². The van der Waals surface area contributed by atoms with Crippen molar-refractivity contribution in [3.8, 4) is 0 Å².